The zero-order chi connectivity index (χ0) is 21.3. The summed E-state index contributed by atoms with van der Waals surface area (Å²) in [5, 5.41) is 15.7. The minimum absolute atomic E-state index is 0.0564. The van der Waals surface area contributed by atoms with Crippen LogP contribution in [0.5, 0.6) is 0 Å². The molecule has 3 aromatic carbocycles. The Hall–Kier alpha value is -3.17. The van der Waals surface area contributed by atoms with Crippen molar-refractivity contribution in [3.8, 4) is 11.4 Å². The van der Waals surface area contributed by atoms with E-state index in [2.05, 4.69) is 41.9 Å². The number of rotatable bonds is 4. The van der Waals surface area contributed by atoms with Crippen molar-refractivity contribution in [3.63, 3.8) is 0 Å². The molecule has 0 saturated heterocycles. The third kappa shape index (κ3) is 3.94. The summed E-state index contributed by atoms with van der Waals surface area (Å²) in [7, 11) is 0. The SMILES string of the molecule is O=c1c2cc(Br)cc(Br)c2nc(-c2ccccc2)n1/N=C/c1cccc([N+](=O)[O-])c1. The van der Waals surface area contributed by atoms with E-state index < -0.39 is 4.92 Å². The van der Waals surface area contributed by atoms with Crippen LogP contribution in [0.1, 0.15) is 5.56 Å². The Bertz CT molecular complexity index is 1370. The van der Waals surface area contributed by atoms with E-state index in [0.717, 1.165) is 4.47 Å². The van der Waals surface area contributed by atoms with Crippen molar-refractivity contribution in [1.82, 2.24) is 9.66 Å². The van der Waals surface area contributed by atoms with E-state index in [4.69, 9.17) is 0 Å². The van der Waals surface area contributed by atoms with E-state index >= 15 is 0 Å². The maximum atomic E-state index is 13.3. The first-order chi connectivity index (χ1) is 14.4. The number of fused-ring (bicyclic) bond motifs is 1. The van der Waals surface area contributed by atoms with Crippen molar-refractivity contribution in [2.24, 2.45) is 5.10 Å². The van der Waals surface area contributed by atoms with Crippen molar-refractivity contribution < 1.29 is 4.92 Å². The first-order valence-electron chi connectivity index (χ1n) is 8.70. The van der Waals surface area contributed by atoms with E-state index in [1.165, 1.54) is 23.0 Å². The predicted octanol–water partition coefficient (Wildman–Crippen LogP) is 5.38. The molecular formula is C21H12Br2N4O3. The molecule has 0 radical (unpaired) electrons. The summed E-state index contributed by atoms with van der Waals surface area (Å²) < 4.78 is 2.61. The lowest BCUT2D eigenvalue weighted by Gasteiger charge is -2.10. The van der Waals surface area contributed by atoms with Gasteiger partial charge in [0.2, 0.25) is 0 Å². The summed E-state index contributed by atoms with van der Waals surface area (Å²) in [4.78, 5) is 28.5. The maximum Gasteiger partial charge on any atom is 0.282 e. The van der Waals surface area contributed by atoms with Gasteiger partial charge in [-0.2, -0.15) is 9.78 Å². The fourth-order valence-corrected chi connectivity index (χ4v) is 4.24. The molecular weight excluding hydrogens is 516 g/mol. The molecule has 0 aliphatic heterocycles. The Morgan fingerprint density at radius 3 is 2.53 bits per heavy atom. The number of nitrogens with zero attached hydrogens (tertiary/aromatic N) is 4. The summed E-state index contributed by atoms with van der Waals surface area (Å²) in [6.45, 7) is 0. The minimum Gasteiger partial charge on any atom is -0.267 e. The first kappa shape index (κ1) is 20.1. The van der Waals surface area contributed by atoms with Gasteiger partial charge in [-0.05, 0) is 28.1 Å². The number of hydrogen-bond acceptors (Lipinski definition) is 5. The lowest BCUT2D eigenvalue weighted by molar-refractivity contribution is -0.384. The van der Waals surface area contributed by atoms with E-state index in [9.17, 15) is 14.9 Å². The van der Waals surface area contributed by atoms with Gasteiger partial charge in [-0.15, -0.1) is 0 Å². The van der Waals surface area contributed by atoms with Gasteiger partial charge in [-0.25, -0.2) is 4.98 Å². The van der Waals surface area contributed by atoms with Gasteiger partial charge < -0.3 is 0 Å². The number of nitro groups is 1. The lowest BCUT2D eigenvalue weighted by Crippen LogP contribution is -2.20. The topological polar surface area (TPSA) is 90.4 Å². The average Bonchev–Trinajstić information content (AvgIpc) is 2.74. The summed E-state index contributed by atoms with van der Waals surface area (Å²) in [6, 6.07) is 18.7. The highest BCUT2D eigenvalue weighted by molar-refractivity contribution is 9.11. The summed E-state index contributed by atoms with van der Waals surface area (Å²) >= 11 is 6.86. The molecule has 0 aliphatic carbocycles. The van der Waals surface area contributed by atoms with Crippen LogP contribution in [0.25, 0.3) is 22.3 Å². The number of halogens is 2. The second-order valence-electron chi connectivity index (χ2n) is 6.30. The van der Waals surface area contributed by atoms with Crippen molar-refractivity contribution in [2.45, 2.75) is 0 Å². The van der Waals surface area contributed by atoms with Gasteiger partial charge in [0.15, 0.2) is 5.82 Å². The number of non-ortho nitro benzene ring substituents is 1. The standard InChI is InChI=1S/C21H12Br2N4O3/c22-15-10-17-19(18(23)11-15)25-20(14-6-2-1-3-7-14)26(21(17)28)24-12-13-5-4-8-16(9-13)27(29)30/h1-12H/b24-12+. The first-order valence-corrected chi connectivity index (χ1v) is 10.3. The molecule has 0 atom stereocenters. The fourth-order valence-electron chi connectivity index (χ4n) is 2.93. The molecule has 4 rings (SSSR count). The van der Waals surface area contributed by atoms with Gasteiger partial charge in [-0.3, -0.25) is 14.9 Å². The highest BCUT2D eigenvalue weighted by atomic mass is 79.9. The molecule has 0 unspecified atom stereocenters. The summed E-state index contributed by atoms with van der Waals surface area (Å²) in [5.74, 6) is 0.359. The highest BCUT2D eigenvalue weighted by Crippen LogP contribution is 2.27. The van der Waals surface area contributed by atoms with Crippen molar-refractivity contribution in [3.05, 3.63) is 102 Å². The van der Waals surface area contributed by atoms with Crippen LogP contribution in [0.3, 0.4) is 0 Å². The van der Waals surface area contributed by atoms with Crippen molar-refractivity contribution >= 4 is 54.7 Å². The van der Waals surface area contributed by atoms with Gasteiger partial charge >= 0.3 is 0 Å². The normalized spacial score (nSPS) is 11.3. The predicted molar refractivity (Wildman–Crippen MR) is 123 cm³/mol. The van der Waals surface area contributed by atoms with Gasteiger partial charge in [-0.1, -0.05) is 58.4 Å². The largest absolute Gasteiger partial charge is 0.282 e. The van der Waals surface area contributed by atoms with Gasteiger partial charge in [0.1, 0.15) is 0 Å². The molecule has 0 aliphatic rings. The van der Waals surface area contributed by atoms with E-state index in [1.807, 2.05) is 36.4 Å². The zero-order valence-corrected chi connectivity index (χ0v) is 18.4. The summed E-state index contributed by atoms with van der Waals surface area (Å²) in [6.07, 6.45) is 1.40. The zero-order valence-electron chi connectivity index (χ0n) is 15.2. The molecule has 1 aromatic heterocycles. The molecule has 30 heavy (non-hydrogen) atoms. The fraction of sp³-hybridized carbons (Fsp3) is 0. The molecule has 0 fully saturated rings. The molecule has 0 amide bonds. The van der Waals surface area contributed by atoms with E-state index in [0.29, 0.717) is 32.3 Å². The molecule has 9 heteroatoms. The van der Waals surface area contributed by atoms with Crippen LogP contribution in [0.2, 0.25) is 0 Å². The van der Waals surface area contributed by atoms with E-state index in [1.54, 1.807) is 18.2 Å². The second kappa shape index (κ2) is 8.29. The summed E-state index contributed by atoms with van der Waals surface area (Å²) in [5.41, 5.74) is 1.30. The van der Waals surface area contributed by atoms with Gasteiger partial charge in [0.25, 0.3) is 11.2 Å². The van der Waals surface area contributed by atoms with Crippen LogP contribution in [0.15, 0.2) is 85.6 Å². The van der Waals surface area contributed by atoms with Crippen molar-refractivity contribution in [2.75, 3.05) is 0 Å². The maximum absolute atomic E-state index is 13.3. The Kier molecular flexibility index (Phi) is 5.56. The number of nitro benzene ring substituents is 1. The van der Waals surface area contributed by atoms with Gasteiger partial charge in [0.05, 0.1) is 22.0 Å². The average molecular weight is 528 g/mol. The van der Waals surface area contributed by atoms with Gasteiger partial charge in [0, 0.05) is 32.2 Å². The van der Waals surface area contributed by atoms with Crippen LogP contribution < -0.4 is 5.56 Å². The van der Waals surface area contributed by atoms with Crippen LogP contribution in [0, 0.1) is 10.1 Å². The number of aromatic nitrogens is 2. The number of benzene rings is 3. The van der Waals surface area contributed by atoms with Crippen LogP contribution >= 0.6 is 31.9 Å². The minimum atomic E-state index is -0.481. The third-order valence-electron chi connectivity index (χ3n) is 4.30. The Morgan fingerprint density at radius 1 is 1.03 bits per heavy atom. The quantitative estimate of drug-likeness (QED) is 0.202. The Balaban J connectivity index is 1.95. The third-order valence-corrected chi connectivity index (χ3v) is 5.37. The Labute approximate surface area is 187 Å². The molecule has 0 N–H and O–H groups in total. The monoisotopic (exact) mass is 526 g/mol. The molecule has 0 saturated carbocycles. The molecule has 0 bridgehead atoms. The van der Waals surface area contributed by atoms with Crippen molar-refractivity contribution in [1.29, 1.82) is 0 Å². The smallest absolute Gasteiger partial charge is 0.267 e. The number of hydrogen-bond donors (Lipinski definition) is 0. The molecule has 7 nitrogen and oxygen atoms in total. The molecule has 4 aromatic rings. The van der Waals surface area contributed by atoms with Crippen LogP contribution in [-0.4, -0.2) is 20.8 Å². The van der Waals surface area contributed by atoms with Crippen LogP contribution in [0.4, 0.5) is 5.69 Å². The lowest BCUT2D eigenvalue weighted by atomic mass is 10.2. The molecule has 1 heterocycles. The van der Waals surface area contributed by atoms with Crippen LogP contribution in [-0.2, 0) is 0 Å². The van der Waals surface area contributed by atoms with E-state index in [-0.39, 0.29) is 11.2 Å². The Morgan fingerprint density at radius 2 is 1.80 bits per heavy atom. The highest BCUT2D eigenvalue weighted by Gasteiger charge is 2.15. The molecule has 148 valence electrons. The second-order valence-corrected chi connectivity index (χ2v) is 8.07. The molecule has 0 spiro atoms.